The molecule has 0 aliphatic heterocycles. The molecule has 0 bridgehead atoms. The summed E-state index contributed by atoms with van der Waals surface area (Å²) in [6.45, 7) is 8.50. The minimum absolute atomic E-state index is 0.748. The van der Waals surface area contributed by atoms with Gasteiger partial charge in [-0.2, -0.15) is 5.10 Å². The number of hydrogen-bond donors (Lipinski definition) is 1. The van der Waals surface area contributed by atoms with Gasteiger partial charge in [0, 0.05) is 10.7 Å². The molecule has 0 saturated heterocycles. The molecule has 0 spiro atoms. The summed E-state index contributed by atoms with van der Waals surface area (Å²) in [7, 11) is 0. The van der Waals surface area contributed by atoms with Crippen LogP contribution >= 0.6 is 11.6 Å². The molecule has 21 heavy (non-hydrogen) atoms. The lowest BCUT2D eigenvalue weighted by molar-refractivity contribution is 0.709. The van der Waals surface area contributed by atoms with Gasteiger partial charge in [0.05, 0.1) is 11.4 Å². The van der Waals surface area contributed by atoms with E-state index in [9.17, 15) is 0 Å². The first kappa shape index (κ1) is 16.1. The second kappa shape index (κ2) is 7.62. The Morgan fingerprint density at radius 1 is 1.19 bits per heavy atom. The molecular weight excluding hydrogens is 282 g/mol. The molecule has 0 aliphatic rings. The number of rotatable bonds is 7. The van der Waals surface area contributed by atoms with Crippen LogP contribution in [0, 0.1) is 0 Å². The number of hydrogen-bond acceptors (Lipinski definition) is 2. The smallest absolute Gasteiger partial charge is 0.0663 e. The van der Waals surface area contributed by atoms with Crippen molar-refractivity contribution in [1.82, 2.24) is 15.1 Å². The van der Waals surface area contributed by atoms with E-state index in [-0.39, 0.29) is 0 Å². The van der Waals surface area contributed by atoms with Crippen molar-refractivity contribution in [3.63, 3.8) is 0 Å². The summed E-state index contributed by atoms with van der Waals surface area (Å²) in [5, 5.41) is 8.97. The van der Waals surface area contributed by atoms with Crippen LogP contribution in [0.2, 0.25) is 5.02 Å². The average molecular weight is 306 g/mol. The molecule has 114 valence electrons. The first-order chi connectivity index (χ1) is 10.2. The van der Waals surface area contributed by atoms with Gasteiger partial charge in [0.15, 0.2) is 0 Å². The summed E-state index contributed by atoms with van der Waals surface area (Å²) in [5.74, 6) is 0. The zero-order chi connectivity index (χ0) is 15.2. The van der Waals surface area contributed by atoms with Crippen LogP contribution in [0.1, 0.15) is 37.7 Å². The van der Waals surface area contributed by atoms with Gasteiger partial charge in [0.2, 0.25) is 0 Å². The van der Waals surface area contributed by atoms with E-state index >= 15 is 0 Å². The van der Waals surface area contributed by atoms with Gasteiger partial charge >= 0.3 is 0 Å². The summed E-state index contributed by atoms with van der Waals surface area (Å²) in [6, 6.07) is 7.91. The predicted molar refractivity (Wildman–Crippen MR) is 89.6 cm³/mol. The van der Waals surface area contributed by atoms with Crippen LogP contribution in [0.25, 0.3) is 5.69 Å². The van der Waals surface area contributed by atoms with E-state index in [1.54, 1.807) is 0 Å². The van der Waals surface area contributed by atoms with Crippen LogP contribution < -0.4 is 5.32 Å². The topological polar surface area (TPSA) is 29.9 Å². The number of aromatic nitrogens is 2. The number of benzene rings is 1. The standard InChI is InChI=1S/C17H24ClN3/c1-4-16-15(10-11-19-6-3)17(5-2)21(20-16)14-9-7-8-13(18)12-14/h7-9,12,19H,4-6,10-11H2,1-3H3. The van der Waals surface area contributed by atoms with Crippen molar-refractivity contribution >= 4 is 11.6 Å². The lowest BCUT2D eigenvalue weighted by Gasteiger charge is -2.08. The highest BCUT2D eigenvalue weighted by Crippen LogP contribution is 2.22. The van der Waals surface area contributed by atoms with E-state index in [2.05, 4.69) is 36.8 Å². The molecule has 1 heterocycles. The van der Waals surface area contributed by atoms with Gasteiger partial charge in [-0.25, -0.2) is 4.68 Å². The quantitative estimate of drug-likeness (QED) is 0.789. The predicted octanol–water partition coefficient (Wildman–Crippen LogP) is 3.80. The maximum Gasteiger partial charge on any atom is 0.0663 e. The van der Waals surface area contributed by atoms with Crippen molar-refractivity contribution in [3.05, 3.63) is 46.2 Å². The van der Waals surface area contributed by atoms with Crippen LogP contribution in [0.3, 0.4) is 0 Å². The Labute approximate surface area is 132 Å². The summed E-state index contributed by atoms with van der Waals surface area (Å²) in [5.41, 5.74) is 4.93. The number of nitrogens with one attached hydrogen (secondary N) is 1. The van der Waals surface area contributed by atoms with Gasteiger partial charge in [-0.1, -0.05) is 38.4 Å². The zero-order valence-electron chi connectivity index (χ0n) is 13.1. The molecular formula is C17H24ClN3. The molecule has 1 N–H and O–H groups in total. The Morgan fingerprint density at radius 3 is 2.62 bits per heavy atom. The molecule has 2 rings (SSSR count). The van der Waals surface area contributed by atoms with Crippen LogP contribution in [-0.2, 0) is 19.3 Å². The van der Waals surface area contributed by atoms with Gasteiger partial charge in [-0.3, -0.25) is 0 Å². The van der Waals surface area contributed by atoms with E-state index in [4.69, 9.17) is 16.7 Å². The van der Waals surface area contributed by atoms with E-state index in [0.29, 0.717) is 0 Å². The van der Waals surface area contributed by atoms with Gasteiger partial charge < -0.3 is 5.32 Å². The Bertz CT molecular complexity index is 590. The van der Waals surface area contributed by atoms with Crippen molar-refractivity contribution in [2.24, 2.45) is 0 Å². The fourth-order valence-corrected chi connectivity index (χ4v) is 2.87. The molecule has 3 nitrogen and oxygen atoms in total. The molecule has 0 radical (unpaired) electrons. The average Bonchev–Trinajstić information content (AvgIpc) is 2.85. The van der Waals surface area contributed by atoms with Gasteiger partial charge in [0.25, 0.3) is 0 Å². The number of aryl methyl sites for hydroxylation is 1. The third kappa shape index (κ3) is 3.66. The molecule has 0 saturated carbocycles. The highest BCUT2D eigenvalue weighted by Gasteiger charge is 2.16. The maximum atomic E-state index is 6.12. The SMILES string of the molecule is CCNCCc1c(CC)nn(-c2cccc(Cl)c2)c1CC. The van der Waals surface area contributed by atoms with Crippen molar-refractivity contribution in [3.8, 4) is 5.69 Å². The Hall–Kier alpha value is -1.32. The van der Waals surface area contributed by atoms with Crippen molar-refractivity contribution in [1.29, 1.82) is 0 Å². The first-order valence-electron chi connectivity index (χ1n) is 7.77. The maximum absolute atomic E-state index is 6.12. The minimum Gasteiger partial charge on any atom is -0.317 e. The zero-order valence-corrected chi connectivity index (χ0v) is 13.9. The highest BCUT2D eigenvalue weighted by molar-refractivity contribution is 6.30. The number of nitrogens with zero attached hydrogens (tertiary/aromatic N) is 2. The van der Waals surface area contributed by atoms with Crippen molar-refractivity contribution in [2.45, 2.75) is 40.0 Å². The summed E-state index contributed by atoms with van der Waals surface area (Å²) < 4.78 is 2.06. The normalized spacial score (nSPS) is 11.0. The molecule has 2 aromatic rings. The molecule has 0 amide bonds. The second-order valence-corrected chi connectivity index (χ2v) is 5.51. The second-order valence-electron chi connectivity index (χ2n) is 5.07. The third-order valence-electron chi connectivity index (χ3n) is 3.70. The lowest BCUT2D eigenvalue weighted by atomic mass is 10.1. The number of halogens is 1. The summed E-state index contributed by atoms with van der Waals surface area (Å²) >= 11 is 6.12. The molecule has 1 aromatic heterocycles. The van der Waals surface area contributed by atoms with E-state index in [1.165, 1.54) is 17.0 Å². The van der Waals surface area contributed by atoms with Crippen LogP contribution in [-0.4, -0.2) is 22.9 Å². The van der Waals surface area contributed by atoms with Crippen molar-refractivity contribution in [2.75, 3.05) is 13.1 Å². The van der Waals surface area contributed by atoms with Crippen LogP contribution in [0.4, 0.5) is 0 Å². The Kier molecular flexibility index (Phi) is 5.83. The van der Waals surface area contributed by atoms with E-state index in [1.807, 2.05) is 18.2 Å². The summed E-state index contributed by atoms with van der Waals surface area (Å²) in [6.07, 6.45) is 2.96. The third-order valence-corrected chi connectivity index (χ3v) is 3.93. The fourth-order valence-electron chi connectivity index (χ4n) is 2.68. The van der Waals surface area contributed by atoms with Crippen molar-refractivity contribution < 1.29 is 0 Å². The summed E-state index contributed by atoms with van der Waals surface area (Å²) in [4.78, 5) is 0. The lowest BCUT2D eigenvalue weighted by Crippen LogP contribution is -2.17. The van der Waals surface area contributed by atoms with Gasteiger partial charge in [-0.05, 0) is 56.1 Å². The Balaban J connectivity index is 2.42. The fraction of sp³-hybridized carbons (Fsp3) is 0.471. The first-order valence-corrected chi connectivity index (χ1v) is 8.15. The molecule has 0 atom stereocenters. The number of likely N-dealkylation sites (N-methyl/N-ethyl adjacent to an activating group) is 1. The Morgan fingerprint density at radius 2 is 2.00 bits per heavy atom. The van der Waals surface area contributed by atoms with E-state index in [0.717, 1.165) is 43.1 Å². The minimum atomic E-state index is 0.748. The molecule has 0 unspecified atom stereocenters. The van der Waals surface area contributed by atoms with Gasteiger partial charge in [0.1, 0.15) is 0 Å². The molecule has 1 aromatic carbocycles. The monoisotopic (exact) mass is 305 g/mol. The molecule has 0 aliphatic carbocycles. The highest BCUT2D eigenvalue weighted by atomic mass is 35.5. The van der Waals surface area contributed by atoms with Crippen LogP contribution in [0.15, 0.2) is 24.3 Å². The molecule has 0 fully saturated rings. The van der Waals surface area contributed by atoms with Crippen LogP contribution in [0.5, 0.6) is 0 Å². The molecule has 4 heteroatoms. The van der Waals surface area contributed by atoms with Gasteiger partial charge in [-0.15, -0.1) is 0 Å². The largest absolute Gasteiger partial charge is 0.317 e. The van der Waals surface area contributed by atoms with E-state index < -0.39 is 0 Å².